The van der Waals surface area contributed by atoms with Gasteiger partial charge >= 0.3 is 5.51 Å². The molecule has 1 aromatic heterocycles. The van der Waals surface area contributed by atoms with E-state index >= 15 is 0 Å². The van der Waals surface area contributed by atoms with Crippen molar-refractivity contribution in [3.05, 3.63) is 82.7 Å². The Kier molecular flexibility index (Phi) is 8.96. The van der Waals surface area contributed by atoms with Crippen LogP contribution in [0.25, 0.3) is 0 Å². The van der Waals surface area contributed by atoms with Gasteiger partial charge < -0.3 is 10.6 Å². The van der Waals surface area contributed by atoms with Gasteiger partial charge in [0.05, 0.1) is 6.54 Å². The van der Waals surface area contributed by atoms with Crippen LogP contribution in [0.15, 0.2) is 75.8 Å². The van der Waals surface area contributed by atoms with Gasteiger partial charge in [0.2, 0.25) is 0 Å². The Labute approximate surface area is 222 Å². The van der Waals surface area contributed by atoms with Gasteiger partial charge in [-0.25, -0.2) is 8.42 Å². The van der Waals surface area contributed by atoms with Crippen LogP contribution in [0.3, 0.4) is 0 Å². The van der Waals surface area contributed by atoms with Crippen molar-refractivity contribution in [1.29, 1.82) is 0 Å². The number of sulfonamides is 1. The molecule has 0 atom stereocenters. The van der Waals surface area contributed by atoms with E-state index < -0.39 is 15.5 Å². The van der Waals surface area contributed by atoms with Gasteiger partial charge in [0.15, 0.2) is 0 Å². The normalized spacial score (nSPS) is 15.5. The van der Waals surface area contributed by atoms with Crippen LogP contribution < -0.4 is 10.6 Å². The Morgan fingerprint density at radius 3 is 2.43 bits per heavy atom. The Hall–Kier alpha value is -2.38. The van der Waals surface area contributed by atoms with E-state index in [1.54, 1.807) is 48.5 Å². The molecule has 37 heavy (non-hydrogen) atoms. The smallest absolute Gasteiger partial charge is 0.347 e. The minimum absolute atomic E-state index is 0.0671. The minimum atomic E-state index is -4.33. The number of nitrogens with zero attached hydrogens (tertiary/aromatic N) is 1. The highest BCUT2D eigenvalue weighted by Crippen LogP contribution is 2.37. The van der Waals surface area contributed by atoms with Crippen molar-refractivity contribution in [2.45, 2.75) is 46.6 Å². The second kappa shape index (κ2) is 12.0. The van der Waals surface area contributed by atoms with Crippen LogP contribution in [-0.2, 0) is 23.1 Å². The summed E-state index contributed by atoms with van der Waals surface area (Å²) in [5, 5.41) is 6.14. The molecule has 0 saturated carbocycles. The number of thiophene rings is 1. The molecule has 2 N–H and O–H groups in total. The van der Waals surface area contributed by atoms with Gasteiger partial charge in [-0.1, -0.05) is 30.3 Å². The lowest BCUT2D eigenvalue weighted by Crippen LogP contribution is -2.44. The molecule has 6 nitrogen and oxygen atoms in total. The highest BCUT2D eigenvalue weighted by Gasteiger charge is 2.31. The molecule has 0 spiro atoms. The van der Waals surface area contributed by atoms with Gasteiger partial charge in [0.25, 0.3) is 15.9 Å². The number of hydrogen-bond donors (Lipinski definition) is 2. The van der Waals surface area contributed by atoms with Crippen molar-refractivity contribution in [1.82, 2.24) is 14.9 Å². The van der Waals surface area contributed by atoms with E-state index in [2.05, 4.69) is 10.6 Å². The molecule has 0 radical (unpaired) electrons. The topological polar surface area (TPSA) is 78.5 Å². The zero-order valence-corrected chi connectivity index (χ0v) is 22.2. The summed E-state index contributed by atoms with van der Waals surface area (Å²) in [7, 11) is -3.64. The minimum Gasteiger partial charge on any atom is -0.347 e. The van der Waals surface area contributed by atoms with Gasteiger partial charge in [-0.2, -0.15) is 17.5 Å². The number of halogens is 3. The van der Waals surface area contributed by atoms with Gasteiger partial charge in [-0.15, -0.1) is 11.3 Å². The maximum absolute atomic E-state index is 13.1. The number of nitrogens with one attached hydrogen (secondary N) is 2. The zero-order chi connectivity index (χ0) is 26.5. The number of alkyl halides is 3. The predicted molar refractivity (Wildman–Crippen MR) is 139 cm³/mol. The number of hydrogen-bond acceptors (Lipinski definition) is 6. The Morgan fingerprint density at radius 1 is 1.00 bits per heavy atom. The monoisotopic (exact) mass is 569 g/mol. The molecule has 1 fully saturated rings. The van der Waals surface area contributed by atoms with E-state index in [0.717, 1.165) is 21.8 Å². The second-order valence-corrected chi connectivity index (χ2v) is 13.0. The third-order valence-electron chi connectivity index (χ3n) is 5.87. The molecule has 1 saturated heterocycles. The van der Waals surface area contributed by atoms with E-state index in [4.69, 9.17) is 0 Å². The SMILES string of the molecule is O=C(NCc1ccc(S(=O)(=O)N2CCC(NCc3cccc(SC(F)(F)F)c3)CC2)s1)c1ccccc1. The molecule has 0 bridgehead atoms. The Balaban J connectivity index is 1.26. The van der Waals surface area contributed by atoms with Crippen LogP contribution in [0.5, 0.6) is 0 Å². The van der Waals surface area contributed by atoms with Gasteiger partial charge in [-0.05, 0) is 66.6 Å². The molecular weight excluding hydrogens is 543 g/mol. The summed E-state index contributed by atoms with van der Waals surface area (Å²) in [5.74, 6) is -0.223. The van der Waals surface area contributed by atoms with E-state index in [9.17, 15) is 26.4 Å². The molecule has 12 heteroatoms. The third kappa shape index (κ3) is 7.81. The van der Waals surface area contributed by atoms with Crippen molar-refractivity contribution in [2.75, 3.05) is 13.1 Å². The first kappa shape index (κ1) is 27.6. The first-order valence-electron chi connectivity index (χ1n) is 11.6. The lowest BCUT2D eigenvalue weighted by atomic mass is 10.1. The number of carbonyl (C=O) groups excluding carboxylic acids is 1. The van der Waals surface area contributed by atoms with Crippen molar-refractivity contribution in [3.63, 3.8) is 0 Å². The fourth-order valence-electron chi connectivity index (χ4n) is 3.99. The number of rotatable bonds is 9. The van der Waals surface area contributed by atoms with Crippen molar-refractivity contribution in [2.24, 2.45) is 0 Å². The summed E-state index contributed by atoms with van der Waals surface area (Å²) >= 11 is 1.00. The Morgan fingerprint density at radius 2 is 1.73 bits per heavy atom. The number of thioether (sulfide) groups is 1. The molecule has 2 heterocycles. The molecule has 198 valence electrons. The highest BCUT2D eigenvalue weighted by molar-refractivity contribution is 8.00. The highest BCUT2D eigenvalue weighted by atomic mass is 32.2. The van der Waals surface area contributed by atoms with Crippen molar-refractivity contribution in [3.8, 4) is 0 Å². The average molecular weight is 570 g/mol. The lowest BCUT2D eigenvalue weighted by Gasteiger charge is -2.31. The van der Waals surface area contributed by atoms with Crippen LogP contribution in [0.2, 0.25) is 0 Å². The first-order chi connectivity index (χ1) is 17.6. The van der Waals surface area contributed by atoms with E-state index in [1.807, 2.05) is 6.07 Å². The molecular formula is C25H26F3N3O3S3. The van der Waals surface area contributed by atoms with E-state index in [-0.39, 0.29) is 39.4 Å². The molecule has 1 aliphatic rings. The summed E-state index contributed by atoms with van der Waals surface area (Å²) in [6.45, 7) is 1.35. The van der Waals surface area contributed by atoms with Crippen LogP contribution in [-0.4, -0.2) is 43.3 Å². The van der Waals surface area contributed by atoms with Crippen molar-refractivity contribution < 1.29 is 26.4 Å². The predicted octanol–water partition coefficient (Wildman–Crippen LogP) is 5.23. The Bertz CT molecular complexity index is 1310. The van der Waals surface area contributed by atoms with E-state index in [1.165, 1.54) is 16.4 Å². The summed E-state index contributed by atoms with van der Waals surface area (Å²) in [5.41, 5.74) is -3.05. The fourth-order valence-corrected chi connectivity index (χ4v) is 7.54. The third-order valence-corrected chi connectivity index (χ3v) is 10.0. The number of benzene rings is 2. The second-order valence-electron chi connectivity index (χ2n) is 8.52. The molecule has 3 aromatic rings. The lowest BCUT2D eigenvalue weighted by molar-refractivity contribution is -0.0328. The fraction of sp³-hybridized carbons (Fsp3) is 0.320. The van der Waals surface area contributed by atoms with Crippen molar-refractivity contribution >= 4 is 39.0 Å². The molecule has 2 aromatic carbocycles. The van der Waals surface area contributed by atoms with Crippen LogP contribution in [0.1, 0.15) is 33.6 Å². The number of piperidine rings is 1. The molecule has 0 aliphatic carbocycles. The molecule has 4 rings (SSSR count). The van der Waals surface area contributed by atoms with Crippen LogP contribution in [0.4, 0.5) is 13.2 Å². The number of amides is 1. The number of carbonyl (C=O) groups is 1. The molecule has 1 aliphatic heterocycles. The summed E-state index contributed by atoms with van der Waals surface area (Å²) in [6, 6.07) is 18.5. The summed E-state index contributed by atoms with van der Waals surface area (Å²) < 4.78 is 65.8. The zero-order valence-electron chi connectivity index (χ0n) is 19.7. The van der Waals surface area contributed by atoms with Crippen LogP contribution in [0, 0.1) is 0 Å². The molecule has 0 unspecified atom stereocenters. The van der Waals surface area contributed by atoms with E-state index in [0.29, 0.717) is 38.0 Å². The quantitative estimate of drug-likeness (QED) is 0.345. The van der Waals surface area contributed by atoms with Crippen LogP contribution >= 0.6 is 23.1 Å². The first-order valence-corrected chi connectivity index (χ1v) is 14.7. The maximum atomic E-state index is 13.1. The summed E-state index contributed by atoms with van der Waals surface area (Å²) in [4.78, 5) is 13.1. The van der Waals surface area contributed by atoms with Gasteiger partial charge in [-0.3, -0.25) is 4.79 Å². The van der Waals surface area contributed by atoms with Gasteiger partial charge in [0, 0.05) is 41.0 Å². The maximum Gasteiger partial charge on any atom is 0.446 e. The van der Waals surface area contributed by atoms with Gasteiger partial charge in [0.1, 0.15) is 4.21 Å². The largest absolute Gasteiger partial charge is 0.446 e. The standard InChI is InChI=1S/C25H26F3N3O3S3/c26-25(27,28)36-21-8-4-5-18(15-21)16-29-20-11-13-31(14-12-20)37(33,34)23-10-9-22(35-23)17-30-24(32)19-6-2-1-3-7-19/h1-10,15,20,29H,11-14,16-17H2,(H,30,32). The summed E-state index contributed by atoms with van der Waals surface area (Å²) in [6.07, 6.45) is 1.20. The average Bonchev–Trinajstić information content (AvgIpc) is 3.36. The molecule has 1 amide bonds.